The molecule has 0 aliphatic carbocycles. The van der Waals surface area contributed by atoms with Gasteiger partial charge >= 0.3 is 0 Å². The molecule has 0 aliphatic rings. The van der Waals surface area contributed by atoms with Crippen LogP contribution in [0.2, 0.25) is 0 Å². The first-order valence-corrected chi connectivity index (χ1v) is 8.02. The molecule has 1 atom stereocenters. The lowest BCUT2D eigenvalue weighted by Crippen LogP contribution is -2.03. The van der Waals surface area contributed by atoms with E-state index in [4.69, 9.17) is 10.5 Å². The average Bonchev–Trinajstić information content (AvgIpc) is 2.70. The number of aromatic nitrogens is 2. The molecule has 26 heavy (non-hydrogen) atoms. The molecule has 0 spiro atoms. The zero-order chi connectivity index (χ0) is 18.8. The summed E-state index contributed by atoms with van der Waals surface area (Å²) in [6.07, 6.45) is 6.23. The highest BCUT2D eigenvalue weighted by molar-refractivity contribution is 5.36. The number of benzene rings is 1. The van der Waals surface area contributed by atoms with Gasteiger partial charge in [0, 0.05) is 31.2 Å². The van der Waals surface area contributed by atoms with Gasteiger partial charge in [-0.15, -0.1) is 0 Å². The maximum atomic E-state index is 10.1. The van der Waals surface area contributed by atoms with Crippen molar-refractivity contribution in [3.8, 4) is 12.1 Å². The monoisotopic (exact) mass is 342 g/mol. The van der Waals surface area contributed by atoms with E-state index in [-0.39, 0.29) is 0 Å². The highest BCUT2D eigenvalue weighted by atomic mass is 16.3. The summed E-state index contributed by atoms with van der Waals surface area (Å²) in [5.41, 5.74) is 3.82. The summed E-state index contributed by atoms with van der Waals surface area (Å²) in [4.78, 5) is 7.69. The Kier molecular flexibility index (Phi) is 7.00. The highest BCUT2D eigenvalue weighted by Gasteiger charge is 2.10. The van der Waals surface area contributed by atoms with Crippen LogP contribution in [0.15, 0.2) is 67.3 Å². The zero-order valence-electron chi connectivity index (χ0n) is 14.4. The van der Waals surface area contributed by atoms with Gasteiger partial charge in [0.15, 0.2) is 0 Å². The predicted octanol–water partition coefficient (Wildman–Crippen LogP) is 3.49. The molecule has 0 saturated carbocycles. The van der Waals surface area contributed by atoms with Crippen LogP contribution in [-0.2, 0) is 6.42 Å². The summed E-state index contributed by atoms with van der Waals surface area (Å²) in [5.74, 6) is 0. The Balaban J connectivity index is 0.000000228. The Hall–Kier alpha value is -3.54. The molecular formula is C21H18N4O. The van der Waals surface area contributed by atoms with E-state index >= 15 is 0 Å². The zero-order valence-corrected chi connectivity index (χ0v) is 14.4. The number of hydrogen-bond acceptors (Lipinski definition) is 5. The second-order valence-corrected chi connectivity index (χ2v) is 5.58. The molecule has 1 N–H and O–H groups in total. The van der Waals surface area contributed by atoms with Gasteiger partial charge in [-0.3, -0.25) is 9.97 Å². The van der Waals surface area contributed by atoms with Crippen molar-refractivity contribution in [1.29, 1.82) is 10.5 Å². The molecule has 0 fully saturated rings. The van der Waals surface area contributed by atoms with E-state index in [9.17, 15) is 5.11 Å². The lowest BCUT2D eigenvalue weighted by molar-refractivity contribution is 0.178. The van der Waals surface area contributed by atoms with E-state index in [0.29, 0.717) is 17.5 Å². The molecule has 1 unspecified atom stereocenters. The van der Waals surface area contributed by atoms with E-state index in [2.05, 4.69) is 16.0 Å². The van der Waals surface area contributed by atoms with E-state index in [0.717, 1.165) is 16.7 Å². The lowest BCUT2D eigenvalue weighted by Gasteiger charge is -2.11. The second kappa shape index (κ2) is 9.68. The van der Waals surface area contributed by atoms with Crippen molar-refractivity contribution >= 4 is 0 Å². The van der Waals surface area contributed by atoms with Crippen molar-refractivity contribution in [2.75, 3.05) is 0 Å². The van der Waals surface area contributed by atoms with Gasteiger partial charge in [0.2, 0.25) is 0 Å². The fourth-order valence-corrected chi connectivity index (χ4v) is 2.28. The largest absolute Gasteiger partial charge is 0.388 e. The molecule has 1 aromatic carbocycles. The summed E-state index contributed by atoms with van der Waals surface area (Å²) in [7, 11) is 0. The quantitative estimate of drug-likeness (QED) is 0.786. The number of pyridine rings is 2. The van der Waals surface area contributed by atoms with Gasteiger partial charge in [0.1, 0.15) is 12.1 Å². The number of aryl methyl sites for hydroxylation is 1. The van der Waals surface area contributed by atoms with E-state index in [1.165, 1.54) is 6.20 Å². The summed E-state index contributed by atoms with van der Waals surface area (Å²) in [6, 6.07) is 17.1. The average molecular weight is 342 g/mol. The summed E-state index contributed by atoms with van der Waals surface area (Å²) >= 11 is 0. The third-order valence-corrected chi connectivity index (χ3v) is 3.79. The predicted molar refractivity (Wildman–Crippen MR) is 97.7 cm³/mol. The van der Waals surface area contributed by atoms with E-state index in [1.807, 2.05) is 49.4 Å². The lowest BCUT2D eigenvalue weighted by atomic mass is 9.99. The topological polar surface area (TPSA) is 93.6 Å². The SMILES string of the molecule is Cc1ccncc1C#N.N#Cc1cnccc1CC(O)c1ccccc1. The molecule has 2 aromatic heterocycles. The molecule has 0 saturated heterocycles. The smallest absolute Gasteiger partial charge is 0.101 e. The van der Waals surface area contributed by atoms with Crippen LogP contribution < -0.4 is 0 Å². The van der Waals surface area contributed by atoms with Gasteiger partial charge in [-0.05, 0) is 35.7 Å². The van der Waals surface area contributed by atoms with Gasteiger partial charge in [-0.25, -0.2) is 0 Å². The fraction of sp³-hybridized carbons (Fsp3) is 0.143. The van der Waals surface area contributed by atoms with Crippen LogP contribution in [0.25, 0.3) is 0 Å². The van der Waals surface area contributed by atoms with Gasteiger partial charge in [0.25, 0.3) is 0 Å². The summed E-state index contributed by atoms with van der Waals surface area (Å²) in [6.45, 7) is 1.89. The van der Waals surface area contributed by atoms with Crippen molar-refractivity contribution in [2.45, 2.75) is 19.4 Å². The summed E-state index contributed by atoms with van der Waals surface area (Å²) in [5, 5.41) is 27.4. The number of nitrogens with zero attached hydrogens (tertiary/aromatic N) is 4. The van der Waals surface area contributed by atoms with Gasteiger partial charge in [-0.1, -0.05) is 30.3 Å². The van der Waals surface area contributed by atoms with Crippen molar-refractivity contribution < 1.29 is 5.11 Å². The van der Waals surface area contributed by atoms with Crippen LogP contribution in [-0.4, -0.2) is 15.1 Å². The number of aliphatic hydroxyl groups excluding tert-OH is 1. The highest BCUT2D eigenvalue weighted by Crippen LogP contribution is 2.19. The van der Waals surface area contributed by atoms with E-state index in [1.54, 1.807) is 24.7 Å². The normalized spacial score (nSPS) is 10.6. The molecule has 3 aromatic rings. The molecule has 3 rings (SSSR count). The van der Waals surface area contributed by atoms with Crippen LogP contribution in [0, 0.1) is 29.6 Å². The van der Waals surface area contributed by atoms with Crippen LogP contribution in [0.3, 0.4) is 0 Å². The number of hydrogen-bond donors (Lipinski definition) is 1. The van der Waals surface area contributed by atoms with Crippen molar-refractivity contribution in [2.24, 2.45) is 0 Å². The number of rotatable bonds is 3. The molecule has 0 aliphatic heterocycles. The van der Waals surface area contributed by atoms with Crippen LogP contribution in [0.1, 0.15) is 33.9 Å². The van der Waals surface area contributed by atoms with Crippen molar-refractivity contribution in [3.63, 3.8) is 0 Å². The molecule has 5 heteroatoms. The Morgan fingerprint density at radius 1 is 0.923 bits per heavy atom. The Morgan fingerprint density at radius 2 is 1.54 bits per heavy atom. The van der Waals surface area contributed by atoms with Crippen molar-refractivity contribution in [1.82, 2.24) is 9.97 Å². The van der Waals surface area contributed by atoms with Crippen LogP contribution in [0.5, 0.6) is 0 Å². The molecule has 0 bridgehead atoms. The first-order valence-electron chi connectivity index (χ1n) is 8.02. The van der Waals surface area contributed by atoms with Crippen molar-refractivity contribution in [3.05, 3.63) is 95.1 Å². The molecule has 2 heterocycles. The maximum absolute atomic E-state index is 10.1. The van der Waals surface area contributed by atoms with E-state index < -0.39 is 6.10 Å². The minimum absolute atomic E-state index is 0.426. The van der Waals surface area contributed by atoms with Gasteiger partial charge in [0.05, 0.1) is 17.2 Å². The first-order chi connectivity index (χ1) is 12.7. The number of aliphatic hydroxyl groups is 1. The Labute approximate surface area is 152 Å². The first kappa shape index (κ1) is 18.8. The van der Waals surface area contributed by atoms with Crippen LogP contribution >= 0.6 is 0 Å². The third kappa shape index (κ3) is 5.24. The molecule has 5 nitrogen and oxygen atoms in total. The Bertz CT molecular complexity index is 926. The molecule has 128 valence electrons. The molecule has 0 amide bonds. The standard InChI is InChI=1S/C14H12N2O.C7H6N2/c15-9-13-10-16-7-6-12(13)8-14(17)11-4-2-1-3-5-11;1-6-2-3-9-5-7(6)4-8/h1-7,10,14,17H,8H2;2-3,5H,1H3. The van der Waals surface area contributed by atoms with Crippen LogP contribution in [0.4, 0.5) is 0 Å². The fourth-order valence-electron chi connectivity index (χ4n) is 2.28. The maximum Gasteiger partial charge on any atom is 0.101 e. The Morgan fingerprint density at radius 3 is 2.12 bits per heavy atom. The minimum atomic E-state index is -0.592. The summed E-state index contributed by atoms with van der Waals surface area (Å²) < 4.78 is 0. The van der Waals surface area contributed by atoms with Gasteiger partial charge in [-0.2, -0.15) is 10.5 Å². The number of nitriles is 2. The minimum Gasteiger partial charge on any atom is -0.388 e. The molecular weight excluding hydrogens is 324 g/mol. The second-order valence-electron chi connectivity index (χ2n) is 5.58. The van der Waals surface area contributed by atoms with Gasteiger partial charge < -0.3 is 5.11 Å². The third-order valence-electron chi connectivity index (χ3n) is 3.79. The molecule has 0 radical (unpaired) electrons.